The lowest BCUT2D eigenvalue weighted by molar-refractivity contribution is 0.0697. The number of thiazole rings is 1. The summed E-state index contributed by atoms with van der Waals surface area (Å²) in [5.41, 5.74) is 3.72. The number of Topliss-reactive ketones (excluding diaryl/α,β-unsaturated/α-hetero) is 1. The van der Waals surface area contributed by atoms with Crippen molar-refractivity contribution < 1.29 is 19.1 Å². The summed E-state index contributed by atoms with van der Waals surface area (Å²) in [4.78, 5) is 29.2. The molecule has 140 valence electrons. The average molecular weight is 432 g/mol. The number of carbonyl (C=O) groups excluding carboxylic acids is 1. The number of hydrogen-bond donors (Lipinski definition) is 1. The van der Waals surface area contributed by atoms with Gasteiger partial charge in [0.2, 0.25) is 0 Å². The molecule has 8 heteroatoms. The van der Waals surface area contributed by atoms with E-state index in [1.807, 2.05) is 6.07 Å². The first kappa shape index (κ1) is 18.7. The van der Waals surface area contributed by atoms with Gasteiger partial charge in [-0.05, 0) is 46.8 Å². The highest BCUT2D eigenvalue weighted by Crippen LogP contribution is 2.35. The van der Waals surface area contributed by atoms with Crippen LogP contribution in [0.25, 0.3) is 20.7 Å². The zero-order chi connectivity index (χ0) is 19.8. The second-order valence-electron chi connectivity index (χ2n) is 6.03. The minimum absolute atomic E-state index is 0.00908. The third-order valence-corrected chi connectivity index (χ3v) is 6.46. The molecule has 0 fully saturated rings. The van der Waals surface area contributed by atoms with Crippen molar-refractivity contribution in [2.45, 2.75) is 6.42 Å². The smallest absolute Gasteiger partial charge is 0.337 e. The van der Waals surface area contributed by atoms with Crippen LogP contribution in [0.5, 0.6) is 0 Å². The predicted molar refractivity (Wildman–Crippen MR) is 109 cm³/mol. The van der Waals surface area contributed by atoms with E-state index in [9.17, 15) is 19.1 Å². The fraction of sp³-hybridized carbons (Fsp3) is 0.0500. The Labute approximate surface area is 171 Å². The summed E-state index contributed by atoms with van der Waals surface area (Å²) in [6, 6.07) is 9.38. The van der Waals surface area contributed by atoms with E-state index in [-0.39, 0.29) is 22.8 Å². The van der Waals surface area contributed by atoms with Gasteiger partial charge in [0.1, 0.15) is 5.82 Å². The molecule has 0 radical (unpaired) electrons. The highest BCUT2D eigenvalue weighted by Gasteiger charge is 2.22. The molecule has 4 nitrogen and oxygen atoms in total. The maximum atomic E-state index is 13.8. The molecule has 2 aromatic carbocycles. The number of thiophene rings is 1. The van der Waals surface area contributed by atoms with Crippen molar-refractivity contribution in [3.63, 3.8) is 0 Å². The number of carboxylic acids is 1. The topological polar surface area (TPSA) is 67.3 Å². The van der Waals surface area contributed by atoms with Crippen LogP contribution >= 0.6 is 34.3 Å². The van der Waals surface area contributed by atoms with Crippen LogP contribution in [0, 0.1) is 5.82 Å². The number of ketones is 1. The van der Waals surface area contributed by atoms with Gasteiger partial charge in [0.25, 0.3) is 0 Å². The Morgan fingerprint density at radius 1 is 1.14 bits per heavy atom. The number of halogens is 2. The summed E-state index contributed by atoms with van der Waals surface area (Å²) < 4.78 is 14.8. The van der Waals surface area contributed by atoms with Gasteiger partial charge in [-0.1, -0.05) is 17.7 Å². The van der Waals surface area contributed by atoms with Gasteiger partial charge < -0.3 is 5.11 Å². The van der Waals surface area contributed by atoms with E-state index in [2.05, 4.69) is 4.98 Å². The number of aromatic nitrogens is 1. The van der Waals surface area contributed by atoms with Gasteiger partial charge in [0, 0.05) is 16.9 Å². The van der Waals surface area contributed by atoms with Gasteiger partial charge in [-0.15, -0.1) is 22.7 Å². The normalized spacial score (nSPS) is 11.1. The molecule has 0 saturated carbocycles. The maximum Gasteiger partial charge on any atom is 0.337 e. The molecule has 2 heterocycles. The van der Waals surface area contributed by atoms with Crippen molar-refractivity contribution in [2.75, 3.05) is 0 Å². The molecule has 0 bridgehead atoms. The molecule has 0 atom stereocenters. The van der Waals surface area contributed by atoms with Crippen molar-refractivity contribution in [3.05, 3.63) is 74.8 Å². The third-order valence-electron chi connectivity index (χ3n) is 4.27. The number of hydrogen-bond acceptors (Lipinski definition) is 5. The number of aromatic carboxylic acids is 1. The molecule has 0 spiro atoms. The van der Waals surface area contributed by atoms with E-state index in [0.717, 1.165) is 21.6 Å². The molecular weight excluding hydrogens is 421 g/mol. The zero-order valence-corrected chi connectivity index (χ0v) is 16.5. The number of rotatable bonds is 5. The van der Waals surface area contributed by atoms with Gasteiger partial charge in [-0.3, -0.25) is 4.79 Å². The van der Waals surface area contributed by atoms with Crippen LogP contribution in [0.1, 0.15) is 26.3 Å². The molecule has 0 saturated heterocycles. The first-order chi connectivity index (χ1) is 13.4. The van der Waals surface area contributed by atoms with Crippen molar-refractivity contribution in [1.82, 2.24) is 4.98 Å². The first-order valence-corrected chi connectivity index (χ1v) is 10.2. The third kappa shape index (κ3) is 3.44. The van der Waals surface area contributed by atoms with Crippen molar-refractivity contribution >= 4 is 56.2 Å². The molecular formula is C20H11ClFNO3S2. The van der Waals surface area contributed by atoms with Gasteiger partial charge in [-0.25, -0.2) is 14.2 Å². The Bertz CT molecular complexity index is 1230. The Kier molecular flexibility index (Phi) is 4.97. The summed E-state index contributed by atoms with van der Waals surface area (Å²) in [7, 11) is 0. The van der Waals surface area contributed by atoms with Crippen molar-refractivity contribution in [1.29, 1.82) is 0 Å². The summed E-state index contributed by atoms with van der Waals surface area (Å²) >= 11 is 8.35. The SMILES string of the molecule is O=C(Cc1csc(-c2ccc(Cl)c(F)c2)c1C(=O)O)c1ccc2scnc2c1. The van der Waals surface area contributed by atoms with E-state index in [4.69, 9.17) is 11.6 Å². The van der Waals surface area contributed by atoms with Gasteiger partial charge in [0.05, 0.1) is 26.3 Å². The van der Waals surface area contributed by atoms with Crippen LogP contribution in [-0.2, 0) is 6.42 Å². The minimum atomic E-state index is -1.16. The summed E-state index contributed by atoms with van der Waals surface area (Å²) in [5, 5.41) is 11.3. The van der Waals surface area contributed by atoms with Gasteiger partial charge >= 0.3 is 5.97 Å². The molecule has 1 N–H and O–H groups in total. The largest absolute Gasteiger partial charge is 0.478 e. The molecule has 0 aliphatic carbocycles. The van der Waals surface area contributed by atoms with Crippen LogP contribution in [0.3, 0.4) is 0 Å². The first-order valence-electron chi connectivity index (χ1n) is 8.09. The van der Waals surface area contributed by atoms with Crippen LogP contribution in [-0.4, -0.2) is 21.8 Å². The predicted octanol–water partition coefficient (Wildman–Crippen LogP) is 5.94. The summed E-state index contributed by atoms with van der Waals surface area (Å²) in [5.74, 6) is -1.99. The molecule has 4 rings (SSSR count). The Hall–Kier alpha value is -2.61. The lowest BCUT2D eigenvalue weighted by atomic mass is 9.99. The summed E-state index contributed by atoms with van der Waals surface area (Å²) in [6.07, 6.45) is -0.0656. The van der Waals surface area contributed by atoms with Crippen LogP contribution in [0.4, 0.5) is 4.39 Å². The van der Waals surface area contributed by atoms with Crippen LogP contribution in [0.15, 0.2) is 47.3 Å². The van der Waals surface area contributed by atoms with E-state index >= 15 is 0 Å². The molecule has 2 aromatic heterocycles. The van der Waals surface area contributed by atoms with E-state index in [1.54, 1.807) is 29.1 Å². The van der Waals surface area contributed by atoms with Gasteiger partial charge in [0.15, 0.2) is 5.78 Å². The van der Waals surface area contributed by atoms with E-state index in [0.29, 0.717) is 21.6 Å². The van der Waals surface area contributed by atoms with Crippen molar-refractivity contribution in [2.24, 2.45) is 0 Å². The molecule has 0 aliphatic heterocycles. The molecule has 0 aliphatic rings. The van der Waals surface area contributed by atoms with Crippen molar-refractivity contribution in [3.8, 4) is 10.4 Å². The molecule has 4 aromatic rings. The number of benzene rings is 2. The standard InChI is InChI=1S/C20H11ClFNO3S2/c21-13-3-1-11(5-14(13)22)19-18(20(25)26)12(8-27-19)7-16(24)10-2-4-17-15(6-10)23-9-28-17/h1-6,8-9H,7H2,(H,25,26). The van der Waals surface area contributed by atoms with Crippen LogP contribution < -0.4 is 0 Å². The second-order valence-corrected chi connectivity index (χ2v) is 8.21. The molecule has 28 heavy (non-hydrogen) atoms. The highest BCUT2D eigenvalue weighted by atomic mass is 35.5. The number of carboxylic acid groups (broad SMARTS) is 1. The average Bonchev–Trinajstić information content (AvgIpc) is 3.30. The second kappa shape index (κ2) is 7.43. The lowest BCUT2D eigenvalue weighted by Gasteiger charge is -2.05. The number of nitrogens with zero attached hydrogens (tertiary/aromatic N) is 1. The van der Waals surface area contributed by atoms with E-state index < -0.39 is 11.8 Å². The van der Waals surface area contributed by atoms with Crippen LogP contribution in [0.2, 0.25) is 5.02 Å². The Balaban J connectivity index is 1.69. The maximum absolute atomic E-state index is 13.8. The zero-order valence-electron chi connectivity index (χ0n) is 14.1. The number of fused-ring (bicyclic) bond motifs is 1. The molecule has 0 unspecified atom stereocenters. The summed E-state index contributed by atoms with van der Waals surface area (Å²) in [6.45, 7) is 0. The monoisotopic (exact) mass is 431 g/mol. The van der Waals surface area contributed by atoms with Gasteiger partial charge in [-0.2, -0.15) is 0 Å². The Morgan fingerprint density at radius 2 is 1.96 bits per heavy atom. The Morgan fingerprint density at radius 3 is 2.71 bits per heavy atom. The fourth-order valence-electron chi connectivity index (χ4n) is 2.91. The van der Waals surface area contributed by atoms with E-state index in [1.165, 1.54) is 23.5 Å². The minimum Gasteiger partial charge on any atom is -0.478 e. The fourth-order valence-corrected chi connectivity index (χ4v) is 4.75. The number of carbonyl (C=O) groups is 2. The quantitative estimate of drug-likeness (QED) is 0.397. The lowest BCUT2D eigenvalue weighted by Crippen LogP contribution is -2.08. The highest BCUT2D eigenvalue weighted by molar-refractivity contribution is 7.16. The molecule has 0 amide bonds.